The molecule has 0 spiro atoms. The molecule has 0 aliphatic heterocycles. The number of aromatic nitrogens is 2. The SMILES string of the molecule is Cc1nn(CCC=O)c(C)c1Br. The molecule has 0 N–H and O–H groups in total. The number of halogens is 1. The standard InChI is InChI=1S/C8H11BrN2O/c1-6-8(9)7(2)11(10-6)4-3-5-12/h5H,3-4H2,1-2H3. The topological polar surface area (TPSA) is 34.9 Å². The molecule has 0 aromatic carbocycles. The Hall–Kier alpha value is -0.640. The van der Waals surface area contributed by atoms with Crippen molar-refractivity contribution in [2.24, 2.45) is 0 Å². The van der Waals surface area contributed by atoms with E-state index in [-0.39, 0.29) is 0 Å². The number of carbonyl (C=O) groups excluding carboxylic acids is 1. The molecule has 1 aromatic heterocycles. The third-order valence-corrected chi connectivity index (χ3v) is 2.90. The van der Waals surface area contributed by atoms with Gasteiger partial charge in [-0.2, -0.15) is 5.10 Å². The van der Waals surface area contributed by atoms with Crippen LogP contribution in [0.3, 0.4) is 0 Å². The van der Waals surface area contributed by atoms with Crippen LogP contribution in [0, 0.1) is 13.8 Å². The molecule has 0 saturated carbocycles. The Morgan fingerprint density at radius 2 is 2.25 bits per heavy atom. The highest BCUT2D eigenvalue weighted by atomic mass is 79.9. The van der Waals surface area contributed by atoms with Crippen LogP contribution in [0.15, 0.2) is 4.47 Å². The lowest BCUT2D eigenvalue weighted by atomic mass is 10.4. The minimum absolute atomic E-state index is 0.522. The van der Waals surface area contributed by atoms with E-state index in [1.54, 1.807) is 0 Å². The minimum atomic E-state index is 0.522. The Bertz CT molecular complexity index is 293. The van der Waals surface area contributed by atoms with Crippen LogP contribution in [0.1, 0.15) is 17.8 Å². The Morgan fingerprint density at radius 1 is 1.58 bits per heavy atom. The van der Waals surface area contributed by atoms with Crippen molar-refractivity contribution in [2.45, 2.75) is 26.8 Å². The van der Waals surface area contributed by atoms with Gasteiger partial charge in [-0.05, 0) is 29.8 Å². The smallest absolute Gasteiger partial charge is 0.121 e. The maximum atomic E-state index is 10.1. The summed E-state index contributed by atoms with van der Waals surface area (Å²) in [5, 5.41) is 4.26. The van der Waals surface area contributed by atoms with Gasteiger partial charge in [0, 0.05) is 18.7 Å². The number of nitrogens with zero attached hydrogens (tertiary/aromatic N) is 2. The molecule has 0 aliphatic carbocycles. The van der Waals surface area contributed by atoms with Gasteiger partial charge in [0.25, 0.3) is 0 Å². The largest absolute Gasteiger partial charge is 0.303 e. The Balaban J connectivity index is 2.85. The second-order valence-corrected chi connectivity index (χ2v) is 3.46. The molecular weight excluding hydrogens is 220 g/mol. The monoisotopic (exact) mass is 230 g/mol. The van der Waals surface area contributed by atoms with E-state index in [1.165, 1.54) is 0 Å². The van der Waals surface area contributed by atoms with Crippen molar-refractivity contribution in [1.29, 1.82) is 0 Å². The van der Waals surface area contributed by atoms with Gasteiger partial charge in [0.15, 0.2) is 0 Å². The average Bonchev–Trinajstić information content (AvgIpc) is 2.30. The highest BCUT2D eigenvalue weighted by Crippen LogP contribution is 2.19. The molecule has 1 rings (SSSR count). The summed E-state index contributed by atoms with van der Waals surface area (Å²) in [5.41, 5.74) is 2.05. The number of aldehydes is 1. The fourth-order valence-electron chi connectivity index (χ4n) is 1.07. The molecule has 0 atom stereocenters. The highest BCUT2D eigenvalue weighted by molar-refractivity contribution is 9.10. The maximum absolute atomic E-state index is 10.1. The lowest BCUT2D eigenvalue weighted by molar-refractivity contribution is -0.108. The molecule has 0 bridgehead atoms. The minimum Gasteiger partial charge on any atom is -0.303 e. The summed E-state index contributed by atoms with van der Waals surface area (Å²) < 4.78 is 2.88. The van der Waals surface area contributed by atoms with Crippen LogP contribution >= 0.6 is 15.9 Å². The summed E-state index contributed by atoms with van der Waals surface area (Å²) in [6.07, 6.45) is 1.43. The number of hydrogen-bond donors (Lipinski definition) is 0. The van der Waals surface area contributed by atoms with E-state index >= 15 is 0 Å². The molecule has 1 aromatic rings. The number of aryl methyl sites for hydroxylation is 2. The first-order valence-electron chi connectivity index (χ1n) is 3.80. The van der Waals surface area contributed by atoms with Gasteiger partial charge in [-0.3, -0.25) is 4.68 Å². The summed E-state index contributed by atoms with van der Waals surface area (Å²) in [6.45, 7) is 4.59. The quantitative estimate of drug-likeness (QED) is 0.744. The molecule has 4 heteroatoms. The van der Waals surface area contributed by atoms with Gasteiger partial charge >= 0.3 is 0 Å². The fraction of sp³-hybridized carbons (Fsp3) is 0.500. The van der Waals surface area contributed by atoms with E-state index in [0.29, 0.717) is 13.0 Å². The third-order valence-electron chi connectivity index (χ3n) is 1.75. The van der Waals surface area contributed by atoms with Crippen molar-refractivity contribution in [3.63, 3.8) is 0 Å². The van der Waals surface area contributed by atoms with Crippen LogP contribution in [0.25, 0.3) is 0 Å². The van der Waals surface area contributed by atoms with Crippen LogP contribution in [0.5, 0.6) is 0 Å². The first kappa shape index (κ1) is 9.45. The van der Waals surface area contributed by atoms with Crippen LogP contribution in [0.2, 0.25) is 0 Å². The Morgan fingerprint density at radius 3 is 2.67 bits per heavy atom. The van der Waals surface area contributed by atoms with Crippen molar-refractivity contribution >= 4 is 22.2 Å². The third kappa shape index (κ3) is 1.75. The van der Waals surface area contributed by atoms with Crippen molar-refractivity contribution < 1.29 is 4.79 Å². The summed E-state index contributed by atoms with van der Waals surface area (Å²) >= 11 is 3.42. The molecule has 1 heterocycles. The zero-order valence-corrected chi connectivity index (χ0v) is 8.76. The summed E-state index contributed by atoms with van der Waals surface area (Å²) in [6, 6.07) is 0. The van der Waals surface area contributed by atoms with Gasteiger partial charge < -0.3 is 4.79 Å². The normalized spacial score (nSPS) is 10.2. The van der Waals surface area contributed by atoms with Gasteiger partial charge in [-0.15, -0.1) is 0 Å². The van der Waals surface area contributed by atoms with E-state index < -0.39 is 0 Å². The van der Waals surface area contributed by atoms with E-state index in [2.05, 4.69) is 21.0 Å². The van der Waals surface area contributed by atoms with Gasteiger partial charge in [0.05, 0.1) is 10.2 Å². The molecule has 66 valence electrons. The number of carbonyl (C=O) groups is 1. The molecule has 12 heavy (non-hydrogen) atoms. The molecule has 0 aliphatic rings. The van der Waals surface area contributed by atoms with Crippen LogP contribution in [-0.4, -0.2) is 16.1 Å². The molecule has 3 nitrogen and oxygen atoms in total. The van der Waals surface area contributed by atoms with Gasteiger partial charge in [0.2, 0.25) is 0 Å². The summed E-state index contributed by atoms with van der Waals surface area (Å²) in [5.74, 6) is 0. The first-order chi connectivity index (χ1) is 5.66. The molecule has 0 fully saturated rings. The van der Waals surface area contributed by atoms with Crippen molar-refractivity contribution in [3.05, 3.63) is 15.9 Å². The molecule has 0 saturated heterocycles. The predicted octanol–water partition coefficient (Wildman–Crippen LogP) is 1.85. The second-order valence-electron chi connectivity index (χ2n) is 2.66. The molecule has 0 unspecified atom stereocenters. The van der Waals surface area contributed by atoms with Crippen molar-refractivity contribution in [3.8, 4) is 0 Å². The van der Waals surface area contributed by atoms with Gasteiger partial charge in [-0.1, -0.05) is 0 Å². The molecule has 0 radical (unpaired) electrons. The van der Waals surface area contributed by atoms with Gasteiger partial charge in [-0.25, -0.2) is 0 Å². The first-order valence-corrected chi connectivity index (χ1v) is 4.59. The van der Waals surface area contributed by atoms with Crippen LogP contribution in [-0.2, 0) is 11.3 Å². The average molecular weight is 231 g/mol. The fourth-order valence-corrected chi connectivity index (χ4v) is 1.35. The summed E-state index contributed by atoms with van der Waals surface area (Å²) in [7, 11) is 0. The zero-order valence-electron chi connectivity index (χ0n) is 7.17. The van der Waals surface area contributed by atoms with Crippen LogP contribution < -0.4 is 0 Å². The zero-order chi connectivity index (χ0) is 9.14. The Labute approximate surface area is 79.9 Å². The number of rotatable bonds is 3. The van der Waals surface area contributed by atoms with Crippen molar-refractivity contribution in [1.82, 2.24) is 9.78 Å². The molecule has 0 amide bonds. The number of hydrogen-bond acceptors (Lipinski definition) is 2. The molecular formula is C8H11BrN2O. The van der Waals surface area contributed by atoms with E-state index in [4.69, 9.17) is 0 Å². The Kier molecular flexibility index (Phi) is 3.03. The van der Waals surface area contributed by atoms with E-state index in [1.807, 2.05) is 18.5 Å². The lowest BCUT2D eigenvalue weighted by Crippen LogP contribution is -2.02. The second kappa shape index (κ2) is 3.85. The lowest BCUT2D eigenvalue weighted by Gasteiger charge is -1.99. The van der Waals surface area contributed by atoms with Crippen molar-refractivity contribution in [2.75, 3.05) is 0 Å². The van der Waals surface area contributed by atoms with Gasteiger partial charge in [0.1, 0.15) is 6.29 Å². The highest BCUT2D eigenvalue weighted by Gasteiger charge is 2.07. The predicted molar refractivity (Wildman–Crippen MR) is 50.1 cm³/mol. The van der Waals surface area contributed by atoms with E-state index in [9.17, 15) is 4.79 Å². The van der Waals surface area contributed by atoms with E-state index in [0.717, 1.165) is 22.1 Å². The van der Waals surface area contributed by atoms with Crippen LogP contribution in [0.4, 0.5) is 0 Å². The maximum Gasteiger partial charge on any atom is 0.121 e. The summed E-state index contributed by atoms with van der Waals surface area (Å²) in [4.78, 5) is 10.1.